The van der Waals surface area contributed by atoms with Crippen molar-refractivity contribution in [3.63, 3.8) is 0 Å². The molecule has 2 aromatic heterocycles. The SMILES string of the molecule is O=c1cc(C2CC2)ncn1CC1CCN(c2nccn(CC3CC3)c2=O)CC1. The topological polar surface area (TPSA) is 73.0 Å². The zero-order chi connectivity index (χ0) is 19.1. The van der Waals surface area contributed by atoms with Crippen LogP contribution >= 0.6 is 0 Å². The van der Waals surface area contributed by atoms with E-state index in [1.165, 1.54) is 12.8 Å². The van der Waals surface area contributed by atoms with Crippen LogP contribution in [0.1, 0.15) is 50.1 Å². The first-order valence-corrected chi connectivity index (χ1v) is 10.5. The molecule has 1 saturated heterocycles. The van der Waals surface area contributed by atoms with Crippen LogP contribution in [0.5, 0.6) is 0 Å². The number of piperidine rings is 1. The fourth-order valence-electron chi connectivity index (χ4n) is 4.16. The lowest BCUT2D eigenvalue weighted by atomic mass is 9.96. The minimum atomic E-state index is 0.0314. The summed E-state index contributed by atoms with van der Waals surface area (Å²) in [7, 11) is 0. The van der Waals surface area contributed by atoms with Crippen molar-refractivity contribution in [2.75, 3.05) is 18.0 Å². The lowest BCUT2D eigenvalue weighted by Gasteiger charge is -2.32. The van der Waals surface area contributed by atoms with Crippen LogP contribution in [-0.4, -0.2) is 32.2 Å². The summed E-state index contributed by atoms with van der Waals surface area (Å²) in [6.07, 6.45) is 12.0. The largest absolute Gasteiger partial charge is 0.352 e. The van der Waals surface area contributed by atoms with E-state index in [4.69, 9.17) is 0 Å². The monoisotopic (exact) mass is 381 g/mol. The number of aromatic nitrogens is 4. The van der Waals surface area contributed by atoms with Crippen molar-refractivity contribution in [1.29, 1.82) is 0 Å². The van der Waals surface area contributed by atoms with Gasteiger partial charge in [0.1, 0.15) is 0 Å². The molecule has 0 N–H and O–H groups in total. The van der Waals surface area contributed by atoms with Crippen LogP contribution in [0, 0.1) is 11.8 Å². The van der Waals surface area contributed by atoms with E-state index >= 15 is 0 Å². The lowest BCUT2D eigenvalue weighted by Crippen LogP contribution is -2.40. The van der Waals surface area contributed by atoms with Crippen LogP contribution in [0.25, 0.3) is 0 Å². The van der Waals surface area contributed by atoms with Gasteiger partial charge in [-0.05, 0) is 50.4 Å². The zero-order valence-electron chi connectivity index (χ0n) is 16.2. The maximum Gasteiger partial charge on any atom is 0.293 e. The van der Waals surface area contributed by atoms with Crippen molar-refractivity contribution in [3.8, 4) is 0 Å². The van der Waals surface area contributed by atoms with Crippen LogP contribution in [-0.2, 0) is 13.1 Å². The van der Waals surface area contributed by atoms with Crippen LogP contribution < -0.4 is 16.0 Å². The van der Waals surface area contributed by atoms with Crippen molar-refractivity contribution >= 4 is 5.82 Å². The Labute approximate surface area is 164 Å². The molecule has 7 heteroatoms. The van der Waals surface area contributed by atoms with E-state index in [2.05, 4.69) is 14.9 Å². The van der Waals surface area contributed by atoms with E-state index in [-0.39, 0.29) is 11.1 Å². The van der Waals surface area contributed by atoms with E-state index in [1.807, 2.05) is 10.8 Å². The van der Waals surface area contributed by atoms with Gasteiger partial charge in [-0.25, -0.2) is 9.97 Å². The third kappa shape index (κ3) is 3.75. The normalized spacial score (nSPS) is 20.5. The van der Waals surface area contributed by atoms with Gasteiger partial charge in [0.05, 0.1) is 12.0 Å². The van der Waals surface area contributed by atoms with Gasteiger partial charge in [0.25, 0.3) is 11.1 Å². The highest BCUT2D eigenvalue weighted by molar-refractivity contribution is 5.36. The molecule has 2 aliphatic carbocycles. The Balaban J connectivity index is 1.22. The van der Waals surface area contributed by atoms with Crippen LogP contribution in [0.2, 0.25) is 0 Å². The quantitative estimate of drug-likeness (QED) is 0.765. The van der Waals surface area contributed by atoms with Gasteiger partial charge in [-0.15, -0.1) is 0 Å². The molecular weight excluding hydrogens is 354 g/mol. The van der Waals surface area contributed by atoms with E-state index in [0.29, 0.717) is 30.1 Å². The third-order valence-electron chi connectivity index (χ3n) is 6.31. The molecule has 0 atom stereocenters. The first-order valence-electron chi connectivity index (χ1n) is 10.5. The molecule has 3 fully saturated rings. The summed E-state index contributed by atoms with van der Waals surface area (Å²) in [4.78, 5) is 36.1. The summed E-state index contributed by atoms with van der Waals surface area (Å²) >= 11 is 0. The summed E-state index contributed by atoms with van der Waals surface area (Å²) in [5, 5.41) is 0. The fraction of sp³-hybridized carbons (Fsp3) is 0.619. The maximum absolute atomic E-state index is 12.7. The van der Waals surface area contributed by atoms with Gasteiger partial charge < -0.3 is 9.47 Å². The second-order valence-electron chi connectivity index (χ2n) is 8.66. The standard InChI is InChI=1S/C21H27N5O2/c27-19-11-18(17-3-4-17)23-14-26(19)13-16-5-8-24(9-6-16)20-21(28)25(10-7-22-20)12-15-1-2-15/h7,10-11,14-17H,1-6,8-9,12-13H2. The second-order valence-corrected chi connectivity index (χ2v) is 8.66. The van der Waals surface area contributed by atoms with Crippen molar-refractivity contribution in [1.82, 2.24) is 19.1 Å². The molecular formula is C21H27N5O2. The summed E-state index contributed by atoms with van der Waals surface area (Å²) in [5.74, 6) is 2.18. The minimum absolute atomic E-state index is 0.0314. The molecule has 1 aliphatic heterocycles. The van der Waals surface area contributed by atoms with E-state index in [0.717, 1.165) is 51.0 Å². The van der Waals surface area contributed by atoms with Gasteiger partial charge in [-0.1, -0.05) is 0 Å². The molecule has 3 heterocycles. The summed E-state index contributed by atoms with van der Waals surface area (Å²) in [6, 6.07) is 1.71. The Morgan fingerprint density at radius 2 is 1.61 bits per heavy atom. The average molecular weight is 381 g/mol. The van der Waals surface area contributed by atoms with Crippen LogP contribution in [0.15, 0.2) is 34.4 Å². The fourth-order valence-corrected chi connectivity index (χ4v) is 4.16. The van der Waals surface area contributed by atoms with Gasteiger partial charge in [0, 0.05) is 50.6 Å². The second kappa shape index (κ2) is 7.18. The minimum Gasteiger partial charge on any atom is -0.352 e. The van der Waals surface area contributed by atoms with Crippen molar-refractivity contribution in [2.45, 2.75) is 57.5 Å². The number of hydrogen-bond donors (Lipinski definition) is 0. The van der Waals surface area contributed by atoms with E-state index in [1.54, 1.807) is 23.2 Å². The Hall–Kier alpha value is -2.44. The smallest absolute Gasteiger partial charge is 0.293 e. The van der Waals surface area contributed by atoms with Crippen LogP contribution in [0.3, 0.4) is 0 Å². The summed E-state index contributed by atoms with van der Waals surface area (Å²) < 4.78 is 3.56. The van der Waals surface area contributed by atoms with Crippen LogP contribution in [0.4, 0.5) is 5.82 Å². The number of rotatable bonds is 6. The number of hydrogen-bond acceptors (Lipinski definition) is 5. The highest BCUT2D eigenvalue weighted by Gasteiger charge is 2.27. The molecule has 0 bridgehead atoms. The zero-order valence-corrected chi connectivity index (χ0v) is 16.2. The van der Waals surface area contributed by atoms with Gasteiger partial charge in [-0.2, -0.15) is 0 Å². The predicted molar refractivity (Wildman–Crippen MR) is 107 cm³/mol. The molecule has 5 rings (SSSR count). The third-order valence-corrected chi connectivity index (χ3v) is 6.31. The maximum atomic E-state index is 12.7. The molecule has 148 valence electrons. The Morgan fingerprint density at radius 3 is 2.29 bits per heavy atom. The van der Waals surface area contributed by atoms with Gasteiger partial charge in [0.2, 0.25) is 0 Å². The summed E-state index contributed by atoms with van der Waals surface area (Å²) in [6.45, 7) is 3.14. The Bertz CT molecular complexity index is 965. The van der Waals surface area contributed by atoms with Crippen molar-refractivity contribution < 1.29 is 0 Å². The van der Waals surface area contributed by atoms with Crippen molar-refractivity contribution in [2.24, 2.45) is 11.8 Å². The molecule has 0 aromatic carbocycles. The Kier molecular flexibility index (Phi) is 4.53. The molecule has 0 spiro atoms. The molecule has 0 radical (unpaired) electrons. The predicted octanol–water partition coefficient (Wildman–Crippen LogP) is 2.00. The average Bonchev–Trinajstić information content (AvgIpc) is 3.60. The highest BCUT2D eigenvalue weighted by Crippen LogP contribution is 2.38. The molecule has 2 saturated carbocycles. The molecule has 0 unspecified atom stereocenters. The molecule has 7 nitrogen and oxygen atoms in total. The molecule has 28 heavy (non-hydrogen) atoms. The van der Waals surface area contributed by atoms with E-state index < -0.39 is 0 Å². The van der Waals surface area contributed by atoms with Gasteiger partial charge in [-0.3, -0.25) is 14.2 Å². The summed E-state index contributed by atoms with van der Waals surface area (Å²) in [5.41, 5.74) is 1.05. The molecule has 3 aliphatic rings. The number of nitrogens with zero attached hydrogens (tertiary/aromatic N) is 5. The first kappa shape index (κ1) is 17.6. The Morgan fingerprint density at radius 1 is 0.893 bits per heavy atom. The molecule has 0 amide bonds. The number of anilines is 1. The van der Waals surface area contributed by atoms with Crippen molar-refractivity contribution in [3.05, 3.63) is 51.2 Å². The van der Waals surface area contributed by atoms with Gasteiger partial charge in [0.15, 0.2) is 5.82 Å². The molecule has 2 aromatic rings. The van der Waals surface area contributed by atoms with E-state index in [9.17, 15) is 9.59 Å². The lowest BCUT2D eigenvalue weighted by molar-refractivity contribution is 0.349. The highest BCUT2D eigenvalue weighted by atomic mass is 16.1. The first-order chi connectivity index (χ1) is 13.7. The van der Waals surface area contributed by atoms with Gasteiger partial charge >= 0.3 is 0 Å².